The summed E-state index contributed by atoms with van der Waals surface area (Å²) in [6, 6.07) is 8.18. The van der Waals surface area contributed by atoms with E-state index in [0.29, 0.717) is 18.6 Å². The molecule has 0 radical (unpaired) electrons. The minimum absolute atomic E-state index is 0.0751. The fraction of sp³-hybridized carbons (Fsp3) is 0.533. The summed E-state index contributed by atoms with van der Waals surface area (Å²) < 4.78 is 7.16. The van der Waals surface area contributed by atoms with E-state index >= 15 is 0 Å². The molecular formula is C30H34N2O4. The third-order valence-corrected chi connectivity index (χ3v) is 10.3. The molecule has 3 fully saturated rings. The number of aromatic nitrogens is 1. The van der Waals surface area contributed by atoms with Crippen LogP contribution in [-0.2, 0) is 9.53 Å². The predicted octanol–water partition coefficient (Wildman–Crippen LogP) is 3.53. The van der Waals surface area contributed by atoms with Gasteiger partial charge in [0.1, 0.15) is 11.9 Å². The summed E-state index contributed by atoms with van der Waals surface area (Å²) in [6.45, 7) is 2.28. The lowest BCUT2D eigenvalue weighted by molar-refractivity contribution is -0.165. The molecule has 3 heterocycles. The van der Waals surface area contributed by atoms with E-state index in [2.05, 4.69) is 42.3 Å². The average molecular weight is 487 g/mol. The van der Waals surface area contributed by atoms with Crippen molar-refractivity contribution in [2.75, 3.05) is 14.1 Å². The summed E-state index contributed by atoms with van der Waals surface area (Å²) >= 11 is 0. The molecule has 0 amide bonds. The third kappa shape index (κ3) is 2.76. The van der Waals surface area contributed by atoms with Crippen molar-refractivity contribution in [1.82, 2.24) is 9.88 Å². The van der Waals surface area contributed by atoms with Crippen molar-refractivity contribution < 1.29 is 19.7 Å². The van der Waals surface area contributed by atoms with Gasteiger partial charge in [0.2, 0.25) is 0 Å². The SMILES string of the molecule is CN(C)[C@H]1C[C@@]23CC[C@]4(O2)C(=CC[C@]2(C)[C@@H](c5ccc6ccncc6c5)C(=O)C[C@H]24)C=C3[C@@H](O)[C@@H]1O. The fourth-order valence-corrected chi connectivity index (χ4v) is 8.56. The van der Waals surface area contributed by atoms with Gasteiger partial charge >= 0.3 is 0 Å². The van der Waals surface area contributed by atoms with E-state index < -0.39 is 23.4 Å². The first-order valence-corrected chi connectivity index (χ1v) is 13.2. The van der Waals surface area contributed by atoms with Crippen LogP contribution in [0.2, 0.25) is 0 Å². The summed E-state index contributed by atoms with van der Waals surface area (Å²) in [5.41, 5.74) is 1.64. The van der Waals surface area contributed by atoms with Crippen molar-refractivity contribution in [3.63, 3.8) is 0 Å². The molecule has 1 saturated heterocycles. The van der Waals surface area contributed by atoms with Gasteiger partial charge in [0.05, 0.1) is 17.3 Å². The standard InChI is InChI=1S/C30H34N2O4/c1-28-8-6-20-13-21-26(34)27(35)22(32(2)3)15-29(21)9-10-30(20,36-29)24(28)14-23(33)25(28)18-5-4-17-7-11-31-16-19(17)12-18/h4-7,11-13,16,22,24-27,34-35H,8-10,14-15H2,1-3H3/t22-,24+,25-,26+,27+,28-,29+,30-/m0/s1. The second kappa shape index (κ2) is 7.35. The molecule has 2 N–H and O–H groups in total. The molecule has 2 spiro atoms. The number of carbonyl (C=O) groups excluding carboxylic acids is 1. The normalized spacial score (nSPS) is 43.2. The molecule has 2 aromatic rings. The fourth-order valence-electron chi connectivity index (χ4n) is 8.56. The van der Waals surface area contributed by atoms with Crippen molar-refractivity contribution in [1.29, 1.82) is 0 Å². The molecule has 1 aromatic heterocycles. The minimum Gasteiger partial charge on any atom is -0.388 e. The van der Waals surface area contributed by atoms with E-state index in [1.165, 1.54) is 0 Å². The summed E-state index contributed by atoms with van der Waals surface area (Å²) in [6.07, 6.45) is 9.84. The molecule has 188 valence electrons. The number of allylic oxidation sites excluding steroid dienone is 1. The van der Waals surface area contributed by atoms with Crippen LogP contribution in [0.3, 0.4) is 0 Å². The quantitative estimate of drug-likeness (QED) is 0.676. The first kappa shape index (κ1) is 22.8. The molecule has 6 heteroatoms. The Bertz CT molecular complexity index is 1350. The highest BCUT2D eigenvalue weighted by Crippen LogP contribution is 2.68. The largest absolute Gasteiger partial charge is 0.388 e. The Hall–Kier alpha value is -2.38. The monoisotopic (exact) mass is 486 g/mol. The number of aliphatic hydroxyl groups is 2. The second-order valence-electron chi connectivity index (χ2n) is 12.3. The zero-order valence-electron chi connectivity index (χ0n) is 21.1. The highest BCUT2D eigenvalue weighted by molar-refractivity contribution is 5.92. The lowest BCUT2D eigenvalue weighted by Gasteiger charge is -2.55. The Balaban J connectivity index is 1.32. The number of ketones is 1. The number of fused-ring (bicyclic) bond motifs is 2. The number of ether oxygens (including phenoxy) is 1. The molecule has 36 heavy (non-hydrogen) atoms. The number of carbonyl (C=O) groups is 1. The van der Waals surface area contributed by atoms with Crippen molar-refractivity contribution in [2.45, 2.75) is 74.4 Å². The molecule has 1 aromatic carbocycles. The number of pyridine rings is 1. The average Bonchev–Trinajstić information content (AvgIpc) is 3.32. The number of Topliss-reactive ketones (excluding diaryl/α,β-unsaturated/α-hetero) is 1. The van der Waals surface area contributed by atoms with Gasteiger partial charge in [-0.15, -0.1) is 0 Å². The molecule has 6 nitrogen and oxygen atoms in total. The Kier molecular flexibility index (Phi) is 4.65. The van der Waals surface area contributed by atoms with E-state index in [1.807, 2.05) is 31.3 Å². The van der Waals surface area contributed by atoms with Crippen LogP contribution in [0.5, 0.6) is 0 Å². The second-order valence-corrected chi connectivity index (χ2v) is 12.3. The molecule has 2 aliphatic heterocycles. The highest BCUT2D eigenvalue weighted by atomic mass is 16.5. The van der Waals surface area contributed by atoms with Crippen LogP contribution in [0.25, 0.3) is 10.8 Å². The first-order chi connectivity index (χ1) is 17.2. The lowest BCUT2D eigenvalue weighted by atomic mass is 9.58. The van der Waals surface area contributed by atoms with Gasteiger partial charge in [-0.3, -0.25) is 9.78 Å². The maximum atomic E-state index is 13.8. The van der Waals surface area contributed by atoms with Gasteiger partial charge < -0.3 is 19.8 Å². The van der Waals surface area contributed by atoms with E-state index in [0.717, 1.165) is 46.7 Å². The van der Waals surface area contributed by atoms with Crippen molar-refractivity contribution in [3.8, 4) is 0 Å². The number of hydrogen-bond donors (Lipinski definition) is 2. The van der Waals surface area contributed by atoms with E-state index in [4.69, 9.17) is 4.74 Å². The van der Waals surface area contributed by atoms with Crippen LogP contribution in [-0.4, -0.2) is 69.4 Å². The molecule has 8 atom stereocenters. The smallest absolute Gasteiger partial charge is 0.141 e. The van der Waals surface area contributed by atoms with Gasteiger partial charge in [-0.1, -0.05) is 31.2 Å². The Morgan fingerprint density at radius 2 is 1.97 bits per heavy atom. The van der Waals surface area contributed by atoms with Crippen LogP contribution < -0.4 is 0 Å². The predicted molar refractivity (Wildman–Crippen MR) is 136 cm³/mol. The van der Waals surface area contributed by atoms with Crippen LogP contribution in [0.4, 0.5) is 0 Å². The highest BCUT2D eigenvalue weighted by Gasteiger charge is 2.69. The zero-order valence-corrected chi connectivity index (χ0v) is 21.1. The van der Waals surface area contributed by atoms with Gasteiger partial charge in [0, 0.05) is 42.1 Å². The summed E-state index contributed by atoms with van der Waals surface area (Å²) in [5, 5.41) is 24.2. The molecule has 2 saturated carbocycles. The van der Waals surface area contributed by atoms with Crippen LogP contribution in [0, 0.1) is 11.3 Å². The van der Waals surface area contributed by atoms with Gasteiger partial charge in [-0.25, -0.2) is 0 Å². The summed E-state index contributed by atoms with van der Waals surface area (Å²) in [5.74, 6) is 0.184. The molecule has 7 rings (SSSR count). The third-order valence-electron chi connectivity index (χ3n) is 10.3. The molecule has 3 aliphatic carbocycles. The Morgan fingerprint density at radius 3 is 2.78 bits per heavy atom. The number of likely N-dealkylation sites (N-methyl/N-ethyl adjacent to an activating group) is 1. The molecular weight excluding hydrogens is 452 g/mol. The van der Waals surface area contributed by atoms with Gasteiger partial charge in [-0.05, 0) is 79.4 Å². The lowest BCUT2D eigenvalue weighted by Crippen LogP contribution is -2.61. The zero-order chi connectivity index (χ0) is 25.0. The number of aliphatic hydroxyl groups excluding tert-OH is 2. The number of nitrogens with zero attached hydrogens (tertiary/aromatic N) is 2. The van der Waals surface area contributed by atoms with Crippen molar-refractivity contribution in [2.24, 2.45) is 11.3 Å². The Morgan fingerprint density at radius 1 is 1.14 bits per heavy atom. The van der Waals surface area contributed by atoms with Crippen molar-refractivity contribution >= 4 is 16.6 Å². The first-order valence-electron chi connectivity index (χ1n) is 13.2. The van der Waals surface area contributed by atoms with Gasteiger partial charge in [0.15, 0.2) is 0 Å². The van der Waals surface area contributed by atoms with E-state index in [9.17, 15) is 15.0 Å². The maximum absolute atomic E-state index is 13.8. The van der Waals surface area contributed by atoms with Crippen molar-refractivity contribution in [3.05, 3.63) is 65.5 Å². The number of hydrogen-bond acceptors (Lipinski definition) is 6. The van der Waals surface area contributed by atoms with E-state index in [-0.39, 0.29) is 23.3 Å². The Labute approximate surface area is 211 Å². The molecule has 0 unspecified atom stereocenters. The maximum Gasteiger partial charge on any atom is 0.141 e. The van der Waals surface area contributed by atoms with Crippen LogP contribution in [0.1, 0.15) is 50.5 Å². The summed E-state index contributed by atoms with van der Waals surface area (Å²) in [7, 11) is 3.89. The number of rotatable bonds is 2. The summed E-state index contributed by atoms with van der Waals surface area (Å²) in [4.78, 5) is 20.0. The number of benzene rings is 1. The molecule has 5 aliphatic rings. The minimum atomic E-state index is -0.944. The van der Waals surface area contributed by atoms with Crippen LogP contribution >= 0.6 is 0 Å². The van der Waals surface area contributed by atoms with E-state index in [1.54, 1.807) is 6.20 Å². The van der Waals surface area contributed by atoms with Crippen LogP contribution in [0.15, 0.2) is 60.0 Å². The topological polar surface area (TPSA) is 82.9 Å². The molecule has 2 bridgehead atoms. The van der Waals surface area contributed by atoms with Gasteiger partial charge in [0.25, 0.3) is 0 Å². The van der Waals surface area contributed by atoms with Gasteiger partial charge in [-0.2, -0.15) is 0 Å².